The van der Waals surface area contributed by atoms with Gasteiger partial charge in [-0.15, -0.1) is 0 Å². The van der Waals surface area contributed by atoms with Gasteiger partial charge in [-0.2, -0.15) is 0 Å². The molecule has 0 aromatic carbocycles. The molecule has 138 valence electrons. The molecule has 0 aromatic rings. The van der Waals surface area contributed by atoms with Gasteiger partial charge in [0, 0.05) is 19.2 Å². The zero-order valence-electron chi connectivity index (χ0n) is 15.7. The quantitative estimate of drug-likeness (QED) is 0.324. The van der Waals surface area contributed by atoms with Crippen LogP contribution in [-0.4, -0.2) is 49.3 Å². The third-order valence-corrected chi connectivity index (χ3v) is 3.96. The molecule has 0 saturated carbocycles. The van der Waals surface area contributed by atoms with Gasteiger partial charge in [0.25, 0.3) is 0 Å². The first-order chi connectivity index (χ1) is 11.3. The van der Waals surface area contributed by atoms with E-state index in [-0.39, 0.29) is 30.3 Å². The molecule has 0 aliphatic carbocycles. The van der Waals surface area contributed by atoms with Crippen LogP contribution in [0.3, 0.4) is 0 Å². The second-order valence-corrected chi connectivity index (χ2v) is 6.40. The van der Waals surface area contributed by atoms with Gasteiger partial charge in [0.2, 0.25) is 18.2 Å². The highest BCUT2D eigenvalue weighted by atomic mass is 16.2. The monoisotopic (exact) mass is 339 g/mol. The number of carbonyl (C=O) groups excluding carboxylic acids is 3. The summed E-state index contributed by atoms with van der Waals surface area (Å²) in [4.78, 5) is 36.1. The first-order valence-corrected chi connectivity index (χ1v) is 8.74. The molecule has 1 atom stereocenters. The van der Waals surface area contributed by atoms with Crippen molar-refractivity contribution in [3.05, 3.63) is 11.6 Å². The molecule has 0 heterocycles. The van der Waals surface area contributed by atoms with E-state index in [4.69, 9.17) is 0 Å². The van der Waals surface area contributed by atoms with Crippen LogP contribution in [0.15, 0.2) is 11.6 Å². The number of likely N-dealkylation sites (N-methyl/N-ethyl adjacent to an activating group) is 1. The predicted octanol–water partition coefficient (Wildman–Crippen LogP) is 1.86. The summed E-state index contributed by atoms with van der Waals surface area (Å²) >= 11 is 0. The molecule has 24 heavy (non-hydrogen) atoms. The minimum atomic E-state index is -0.197. The Balaban J connectivity index is 4.69. The van der Waals surface area contributed by atoms with Gasteiger partial charge in [-0.1, -0.05) is 46.1 Å². The third kappa shape index (κ3) is 8.70. The van der Waals surface area contributed by atoms with Crippen LogP contribution in [0.2, 0.25) is 0 Å². The first kappa shape index (κ1) is 22.1. The van der Waals surface area contributed by atoms with Crippen molar-refractivity contribution >= 4 is 18.2 Å². The molecule has 0 unspecified atom stereocenters. The van der Waals surface area contributed by atoms with E-state index in [1.807, 2.05) is 19.9 Å². The Kier molecular flexibility index (Phi) is 11.6. The lowest BCUT2D eigenvalue weighted by molar-refractivity contribution is -0.132. The molecule has 3 amide bonds. The summed E-state index contributed by atoms with van der Waals surface area (Å²) in [5.41, 5.74) is 0.604. The lowest BCUT2D eigenvalue weighted by atomic mass is 9.99. The average molecular weight is 339 g/mol. The molecule has 0 saturated heterocycles. The summed E-state index contributed by atoms with van der Waals surface area (Å²) in [6, 6.07) is -0.197. The lowest BCUT2D eigenvalue weighted by Gasteiger charge is -2.29. The maximum Gasteiger partial charge on any atom is 0.246 e. The van der Waals surface area contributed by atoms with E-state index in [2.05, 4.69) is 17.6 Å². The average Bonchev–Trinajstić information content (AvgIpc) is 2.55. The zero-order chi connectivity index (χ0) is 18.5. The molecule has 6 nitrogen and oxygen atoms in total. The van der Waals surface area contributed by atoms with Crippen LogP contribution >= 0.6 is 0 Å². The van der Waals surface area contributed by atoms with Gasteiger partial charge in [-0.05, 0) is 19.3 Å². The summed E-state index contributed by atoms with van der Waals surface area (Å²) in [5, 5.41) is 5.29. The SMILES string of the molecule is CCCCCCNC(=O)/C(C)=C/[C@H](C(C)C)N(C)C(=O)CNC=O. The first-order valence-electron chi connectivity index (χ1n) is 8.74. The molecule has 0 aliphatic heterocycles. The smallest absolute Gasteiger partial charge is 0.246 e. The van der Waals surface area contributed by atoms with E-state index in [1.54, 1.807) is 18.9 Å². The van der Waals surface area contributed by atoms with Gasteiger partial charge in [0.15, 0.2) is 0 Å². The van der Waals surface area contributed by atoms with E-state index < -0.39 is 0 Å². The van der Waals surface area contributed by atoms with Gasteiger partial charge in [0.05, 0.1) is 12.6 Å². The number of nitrogens with one attached hydrogen (secondary N) is 2. The summed E-state index contributed by atoms with van der Waals surface area (Å²) < 4.78 is 0. The molecule has 6 heteroatoms. The Bertz CT molecular complexity index is 433. The van der Waals surface area contributed by atoms with Crippen molar-refractivity contribution < 1.29 is 14.4 Å². The fraction of sp³-hybridized carbons (Fsp3) is 0.722. The predicted molar refractivity (Wildman–Crippen MR) is 96.4 cm³/mol. The van der Waals surface area contributed by atoms with Crippen LogP contribution in [-0.2, 0) is 14.4 Å². The van der Waals surface area contributed by atoms with Crippen molar-refractivity contribution in [3.63, 3.8) is 0 Å². The van der Waals surface area contributed by atoms with Crippen LogP contribution in [0.5, 0.6) is 0 Å². The molecular formula is C18H33N3O3. The molecule has 0 radical (unpaired) electrons. The van der Waals surface area contributed by atoms with E-state index in [9.17, 15) is 14.4 Å². The summed E-state index contributed by atoms with van der Waals surface area (Å²) in [6.07, 6.45) is 6.78. The maximum absolute atomic E-state index is 12.2. The van der Waals surface area contributed by atoms with Gasteiger partial charge in [-0.25, -0.2) is 0 Å². The van der Waals surface area contributed by atoms with Gasteiger partial charge >= 0.3 is 0 Å². The van der Waals surface area contributed by atoms with Crippen LogP contribution in [0.4, 0.5) is 0 Å². The number of rotatable bonds is 12. The number of unbranched alkanes of at least 4 members (excludes halogenated alkanes) is 3. The Hall–Kier alpha value is -1.85. The second kappa shape index (κ2) is 12.6. The van der Waals surface area contributed by atoms with Gasteiger partial charge in [-0.3, -0.25) is 14.4 Å². The van der Waals surface area contributed by atoms with Crippen molar-refractivity contribution in [2.75, 3.05) is 20.1 Å². The summed E-state index contributed by atoms with van der Waals surface area (Å²) in [6.45, 7) is 8.54. The molecule has 0 aliphatic rings. The minimum absolute atomic E-state index is 0.0419. The Morgan fingerprint density at radius 1 is 1.17 bits per heavy atom. The van der Waals surface area contributed by atoms with Crippen molar-refractivity contribution in [2.45, 2.75) is 59.4 Å². The summed E-state index contributed by atoms with van der Waals surface area (Å²) in [7, 11) is 1.69. The van der Waals surface area contributed by atoms with Crippen LogP contribution in [0.1, 0.15) is 53.4 Å². The molecule has 0 aromatic heterocycles. The molecule has 2 N–H and O–H groups in total. The van der Waals surface area contributed by atoms with E-state index in [0.29, 0.717) is 18.5 Å². The maximum atomic E-state index is 12.2. The zero-order valence-corrected chi connectivity index (χ0v) is 15.7. The van der Waals surface area contributed by atoms with Crippen molar-refractivity contribution in [1.82, 2.24) is 15.5 Å². The Morgan fingerprint density at radius 3 is 2.38 bits per heavy atom. The van der Waals surface area contributed by atoms with Gasteiger partial charge < -0.3 is 15.5 Å². The largest absolute Gasteiger partial charge is 0.352 e. The highest BCUT2D eigenvalue weighted by molar-refractivity contribution is 5.93. The Labute approximate surface area is 146 Å². The number of hydrogen-bond donors (Lipinski definition) is 2. The van der Waals surface area contributed by atoms with Crippen molar-refractivity contribution in [1.29, 1.82) is 0 Å². The second-order valence-electron chi connectivity index (χ2n) is 6.40. The normalized spacial score (nSPS) is 12.7. The topological polar surface area (TPSA) is 78.5 Å². The van der Waals surface area contributed by atoms with Crippen molar-refractivity contribution in [3.8, 4) is 0 Å². The van der Waals surface area contributed by atoms with Crippen molar-refractivity contribution in [2.24, 2.45) is 5.92 Å². The summed E-state index contributed by atoms with van der Waals surface area (Å²) in [5.74, 6) is -0.128. The molecule has 0 bridgehead atoms. The highest BCUT2D eigenvalue weighted by Crippen LogP contribution is 2.13. The van der Waals surface area contributed by atoms with Crippen LogP contribution < -0.4 is 10.6 Å². The number of amides is 3. The van der Waals surface area contributed by atoms with Crippen LogP contribution in [0, 0.1) is 5.92 Å². The molecule has 0 fully saturated rings. The molecular weight excluding hydrogens is 306 g/mol. The Morgan fingerprint density at radius 2 is 1.83 bits per heavy atom. The molecule has 0 rings (SSSR count). The van der Waals surface area contributed by atoms with Gasteiger partial charge in [0.1, 0.15) is 0 Å². The fourth-order valence-electron chi connectivity index (χ4n) is 2.40. The number of carbonyl (C=O) groups is 3. The minimum Gasteiger partial charge on any atom is -0.352 e. The highest BCUT2D eigenvalue weighted by Gasteiger charge is 2.21. The molecule has 0 spiro atoms. The van der Waals surface area contributed by atoms with Crippen LogP contribution in [0.25, 0.3) is 0 Å². The lowest BCUT2D eigenvalue weighted by Crippen LogP contribution is -2.43. The van der Waals surface area contributed by atoms with E-state index in [0.717, 1.165) is 12.8 Å². The number of nitrogens with zero attached hydrogens (tertiary/aromatic N) is 1. The fourth-order valence-corrected chi connectivity index (χ4v) is 2.40. The standard InChI is InChI=1S/C18H33N3O3/c1-6-7-8-9-10-20-18(24)15(4)11-16(14(2)3)21(5)17(23)12-19-13-22/h11,13-14,16H,6-10,12H2,1-5H3,(H,19,22)(H,20,24)/b15-11+/t16-/m1/s1. The number of hydrogen-bond acceptors (Lipinski definition) is 3. The van der Waals surface area contributed by atoms with E-state index >= 15 is 0 Å². The third-order valence-electron chi connectivity index (χ3n) is 3.96. The van der Waals surface area contributed by atoms with E-state index in [1.165, 1.54) is 12.8 Å².